The molecule has 1 aliphatic rings. The zero-order chi connectivity index (χ0) is 17.8. The Kier molecular flexibility index (Phi) is 5.43. The number of fused-ring (bicyclic) bond motifs is 1. The van der Waals surface area contributed by atoms with E-state index in [2.05, 4.69) is 5.32 Å². The van der Waals surface area contributed by atoms with Gasteiger partial charge in [0.15, 0.2) is 0 Å². The second-order valence-corrected chi connectivity index (χ2v) is 7.00. The lowest BCUT2D eigenvalue weighted by atomic mass is 10.1. The van der Waals surface area contributed by atoms with Crippen molar-refractivity contribution in [2.75, 3.05) is 11.6 Å². The van der Waals surface area contributed by atoms with Crippen molar-refractivity contribution in [2.45, 2.75) is 37.2 Å². The molecule has 3 rings (SSSR count). The molecule has 1 aliphatic heterocycles. The van der Waals surface area contributed by atoms with E-state index in [1.54, 1.807) is 16.7 Å². The highest BCUT2D eigenvalue weighted by molar-refractivity contribution is 7.98. The van der Waals surface area contributed by atoms with Gasteiger partial charge >= 0.3 is 0 Å². The molecule has 5 heteroatoms. The summed E-state index contributed by atoms with van der Waals surface area (Å²) in [6.45, 7) is 2.53. The van der Waals surface area contributed by atoms with Crippen molar-refractivity contribution < 1.29 is 9.59 Å². The van der Waals surface area contributed by atoms with Gasteiger partial charge in [0.1, 0.15) is 6.04 Å². The van der Waals surface area contributed by atoms with Gasteiger partial charge in [0.2, 0.25) is 5.91 Å². The standard InChI is InChI=1S/C20H22N2O2S/c1-3-7-18(19(23)21-15-9-6-10-16(12-15)25-2)22-13-14-8-4-5-11-17(14)20(22)24/h4-6,8-12,18H,3,7,13H2,1-2H3,(H,21,23)/t18-/m0/s1. The SMILES string of the molecule is CCC[C@@H](C(=O)Nc1cccc(SC)c1)N1Cc2ccccc2C1=O. The molecule has 0 radical (unpaired) electrons. The zero-order valence-electron chi connectivity index (χ0n) is 14.5. The van der Waals surface area contributed by atoms with Gasteiger partial charge in [0.05, 0.1) is 0 Å². The third kappa shape index (κ3) is 3.71. The fourth-order valence-electron chi connectivity index (χ4n) is 3.16. The minimum atomic E-state index is -0.456. The molecule has 0 spiro atoms. The van der Waals surface area contributed by atoms with E-state index in [0.717, 1.165) is 22.6 Å². The highest BCUT2D eigenvalue weighted by atomic mass is 32.2. The summed E-state index contributed by atoms with van der Waals surface area (Å²) < 4.78 is 0. The maximum atomic E-state index is 12.9. The monoisotopic (exact) mass is 354 g/mol. The van der Waals surface area contributed by atoms with E-state index in [-0.39, 0.29) is 11.8 Å². The molecule has 0 saturated heterocycles. The summed E-state index contributed by atoms with van der Waals surface area (Å²) in [5.41, 5.74) is 2.47. The first-order valence-electron chi connectivity index (χ1n) is 8.47. The van der Waals surface area contributed by atoms with Crippen molar-refractivity contribution in [2.24, 2.45) is 0 Å². The number of hydrogen-bond donors (Lipinski definition) is 1. The van der Waals surface area contributed by atoms with E-state index in [4.69, 9.17) is 0 Å². The van der Waals surface area contributed by atoms with Gasteiger partial charge in [-0.1, -0.05) is 37.6 Å². The van der Waals surface area contributed by atoms with Crippen molar-refractivity contribution in [1.82, 2.24) is 4.90 Å². The lowest BCUT2D eigenvalue weighted by Crippen LogP contribution is -2.44. The Morgan fingerprint density at radius 2 is 2.04 bits per heavy atom. The minimum absolute atomic E-state index is 0.0536. The number of carbonyl (C=O) groups excluding carboxylic acids is 2. The van der Waals surface area contributed by atoms with E-state index in [9.17, 15) is 9.59 Å². The van der Waals surface area contributed by atoms with Crippen LogP contribution in [0.3, 0.4) is 0 Å². The molecule has 1 heterocycles. The predicted octanol–water partition coefficient (Wildman–Crippen LogP) is 4.17. The number of anilines is 1. The Labute approximate surface area is 152 Å². The molecular formula is C20H22N2O2S. The van der Waals surface area contributed by atoms with Crippen molar-refractivity contribution in [3.63, 3.8) is 0 Å². The van der Waals surface area contributed by atoms with Crippen LogP contribution in [0.25, 0.3) is 0 Å². The van der Waals surface area contributed by atoms with E-state index < -0.39 is 6.04 Å². The number of benzene rings is 2. The molecule has 25 heavy (non-hydrogen) atoms. The maximum Gasteiger partial charge on any atom is 0.255 e. The normalized spacial score (nSPS) is 14.3. The number of hydrogen-bond acceptors (Lipinski definition) is 3. The number of rotatable bonds is 6. The van der Waals surface area contributed by atoms with Gasteiger partial charge in [-0.2, -0.15) is 0 Å². The molecular weight excluding hydrogens is 332 g/mol. The van der Waals surface area contributed by atoms with Crippen LogP contribution in [0.15, 0.2) is 53.4 Å². The molecule has 130 valence electrons. The van der Waals surface area contributed by atoms with Crippen LogP contribution < -0.4 is 5.32 Å². The average Bonchev–Trinajstić information content (AvgIpc) is 2.96. The minimum Gasteiger partial charge on any atom is -0.324 e. The molecule has 0 fully saturated rings. The summed E-state index contributed by atoms with van der Waals surface area (Å²) in [5.74, 6) is -0.177. The van der Waals surface area contributed by atoms with Crippen LogP contribution >= 0.6 is 11.8 Å². The van der Waals surface area contributed by atoms with Crippen LogP contribution in [0.5, 0.6) is 0 Å². The van der Waals surface area contributed by atoms with Crippen LogP contribution in [-0.2, 0) is 11.3 Å². The Hall–Kier alpha value is -2.27. The Balaban J connectivity index is 1.79. The van der Waals surface area contributed by atoms with Crippen LogP contribution in [0, 0.1) is 0 Å². The summed E-state index contributed by atoms with van der Waals surface area (Å²) in [4.78, 5) is 28.4. The van der Waals surface area contributed by atoms with E-state index in [1.807, 2.05) is 61.7 Å². The van der Waals surface area contributed by atoms with Crippen molar-refractivity contribution >= 4 is 29.3 Å². The summed E-state index contributed by atoms with van der Waals surface area (Å²) in [6, 6.07) is 14.9. The van der Waals surface area contributed by atoms with Crippen LogP contribution in [0.2, 0.25) is 0 Å². The van der Waals surface area contributed by atoms with Gasteiger partial charge in [-0.3, -0.25) is 9.59 Å². The van der Waals surface area contributed by atoms with E-state index >= 15 is 0 Å². The number of amides is 2. The smallest absolute Gasteiger partial charge is 0.255 e. The Morgan fingerprint density at radius 3 is 2.76 bits per heavy atom. The van der Waals surface area contributed by atoms with Gasteiger partial charge in [0.25, 0.3) is 5.91 Å². The molecule has 2 aromatic rings. The Morgan fingerprint density at radius 1 is 1.24 bits per heavy atom. The lowest BCUT2D eigenvalue weighted by Gasteiger charge is -2.26. The molecule has 2 aromatic carbocycles. The van der Waals surface area contributed by atoms with Gasteiger partial charge in [0, 0.05) is 22.7 Å². The fourth-order valence-corrected chi connectivity index (χ4v) is 3.62. The first-order chi connectivity index (χ1) is 12.1. The number of thioether (sulfide) groups is 1. The molecule has 2 amide bonds. The first kappa shape index (κ1) is 17.5. The maximum absolute atomic E-state index is 12.9. The van der Waals surface area contributed by atoms with Crippen molar-refractivity contribution in [3.8, 4) is 0 Å². The first-order valence-corrected chi connectivity index (χ1v) is 9.70. The number of nitrogens with zero attached hydrogens (tertiary/aromatic N) is 1. The number of nitrogens with one attached hydrogen (secondary N) is 1. The third-order valence-electron chi connectivity index (χ3n) is 4.43. The highest BCUT2D eigenvalue weighted by Gasteiger charge is 2.35. The highest BCUT2D eigenvalue weighted by Crippen LogP contribution is 2.27. The van der Waals surface area contributed by atoms with Crippen LogP contribution in [0.1, 0.15) is 35.7 Å². The van der Waals surface area contributed by atoms with Crippen LogP contribution in [-0.4, -0.2) is 29.0 Å². The largest absolute Gasteiger partial charge is 0.324 e. The lowest BCUT2D eigenvalue weighted by molar-refractivity contribution is -0.120. The third-order valence-corrected chi connectivity index (χ3v) is 5.15. The fraction of sp³-hybridized carbons (Fsp3) is 0.300. The quantitative estimate of drug-likeness (QED) is 0.792. The van der Waals surface area contributed by atoms with Crippen LogP contribution in [0.4, 0.5) is 5.69 Å². The molecule has 0 unspecified atom stereocenters. The van der Waals surface area contributed by atoms with E-state index in [1.165, 1.54) is 0 Å². The second-order valence-electron chi connectivity index (χ2n) is 6.12. The van der Waals surface area contributed by atoms with E-state index in [0.29, 0.717) is 18.5 Å². The topological polar surface area (TPSA) is 49.4 Å². The molecule has 0 saturated carbocycles. The Bertz CT molecular complexity index is 791. The van der Waals surface area contributed by atoms with Crippen molar-refractivity contribution in [1.29, 1.82) is 0 Å². The molecule has 0 aliphatic carbocycles. The summed E-state index contributed by atoms with van der Waals surface area (Å²) >= 11 is 1.63. The second kappa shape index (κ2) is 7.74. The predicted molar refractivity (Wildman–Crippen MR) is 102 cm³/mol. The summed E-state index contributed by atoms with van der Waals surface area (Å²) in [5, 5.41) is 2.98. The van der Waals surface area contributed by atoms with Gasteiger partial charge in [-0.05, 0) is 42.5 Å². The molecule has 4 nitrogen and oxygen atoms in total. The van der Waals surface area contributed by atoms with Gasteiger partial charge in [-0.25, -0.2) is 0 Å². The van der Waals surface area contributed by atoms with Gasteiger partial charge in [-0.15, -0.1) is 11.8 Å². The average molecular weight is 354 g/mol. The summed E-state index contributed by atoms with van der Waals surface area (Å²) in [6.07, 6.45) is 3.48. The number of carbonyl (C=O) groups is 2. The molecule has 1 atom stereocenters. The summed E-state index contributed by atoms with van der Waals surface area (Å²) in [7, 11) is 0. The van der Waals surface area contributed by atoms with Gasteiger partial charge < -0.3 is 10.2 Å². The molecule has 1 N–H and O–H groups in total. The molecule has 0 bridgehead atoms. The molecule has 0 aromatic heterocycles. The zero-order valence-corrected chi connectivity index (χ0v) is 15.3. The van der Waals surface area contributed by atoms with Crippen molar-refractivity contribution in [3.05, 3.63) is 59.7 Å².